The number of aryl methyl sites for hydroxylation is 3. The molecule has 0 bridgehead atoms. The van der Waals surface area contributed by atoms with E-state index in [0.29, 0.717) is 11.1 Å². The fourth-order valence-electron chi connectivity index (χ4n) is 3.46. The summed E-state index contributed by atoms with van der Waals surface area (Å²) in [5.74, 6) is 0.0266. The van der Waals surface area contributed by atoms with Crippen molar-refractivity contribution < 1.29 is 11.4 Å². The number of hydrogen-bond acceptors (Lipinski definition) is 0. The predicted octanol–water partition coefficient (Wildman–Crippen LogP) is 4.92. The zero-order valence-corrected chi connectivity index (χ0v) is 13.5. The molecule has 0 aliphatic heterocycles. The van der Waals surface area contributed by atoms with E-state index in [1.54, 1.807) is 12.3 Å². The third-order valence-corrected chi connectivity index (χ3v) is 4.63. The van der Waals surface area contributed by atoms with E-state index in [1.807, 2.05) is 42.8 Å². The molecule has 0 unspecified atom stereocenters. The first-order valence-corrected chi connectivity index (χ1v) is 8.23. The van der Waals surface area contributed by atoms with Gasteiger partial charge in [-0.3, -0.25) is 0 Å². The maximum absolute atomic E-state index is 8.93. The van der Waals surface area contributed by atoms with Crippen LogP contribution in [-0.2, 0) is 13.4 Å². The molecule has 1 aromatic carbocycles. The second-order valence-electron chi connectivity index (χ2n) is 6.39. The van der Waals surface area contributed by atoms with Gasteiger partial charge in [0.05, 0.1) is 5.56 Å². The summed E-state index contributed by atoms with van der Waals surface area (Å²) in [6, 6.07) is 9.26. The number of benzene rings is 1. The Kier molecular flexibility index (Phi) is 3.08. The van der Waals surface area contributed by atoms with Crippen molar-refractivity contribution >= 4 is 0 Å². The van der Waals surface area contributed by atoms with E-state index >= 15 is 0 Å². The van der Waals surface area contributed by atoms with Crippen molar-refractivity contribution in [2.75, 3.05) is 0 Å². The lowest BCUT2D eigenvalue weighted by atomic mass is 9.82. The van der Waals surface area contributed by atoms with Gasteiger partial charge in [-0.15, -0.1) is 0 Å². The molecule has 1 fully saturated rings. The van der Waals surface area contributed by atoms with Crippen LogP contribution in [0.25, 0.3) is 11.3 Å². The highest BCUT2D eigenvalue weighted by molar-refractivity contribution is 5.65. The number of aromatic nitrogens is 1. The second-order valence-corrected chi connectivity index (χ2v) is 6.39. The van der Waals surface area contributed by atoms with E-state index in [9.17, 15) is 0 Å². The minimum absolute atomic E-state index is 0.0266. The Morgan fingerprint density at radius 2 is 2.00 bits per heavy atom. The molecular weight excluding hydrogens is 266 g/mol. The molecule has 1 aliphatic rings. The second kappa shape index (κ2) is 6.64. The highest BCUT2D eigenvalue weighted by Crippen LogP contribution is 2.32. The third kappa shape index (κ3) is 3.24. The van der Waals surface area contributed by atoms with E-state index in [0.717, 1.165) is 42.5 Å². The summed E-state index contributed by atoms with van der Waals surface area (Å²) in [5, 5.41) is 0. The number of nitrogens with zero attached hydrogens (tertiary/aromatic N) is 1. The summed E-state index contributed by atoms with van der Waals surface area (Å²) < 4.78 is 42.5. The van der Waals surface area contributed by atoms with Gasteiger partial charge < -0.3 is 0 Å². The first kappa shape index (κ1) is 10.2. The number of rotatable bonds is 3. The smallest absolute Gasteiger partial charge is 0.201 e. The molecule has 1 aliphatic carbocycles. The monoisotopic (exact) mass is 299 g/mol. The molecule has 1 heterocycles. The lowest BCUT2D eigenvalue weighted by molar-refractivity contribution is -0.660. The molecule has 1 heteroatoms. The Morgan fingerprint density at radius 3 is 2.73 bits per heavy atom. The Labute approximate surface area is 142 Å². The van der Waals surface area contributed by atoms with Crippen LogP contribution >= 0.6 is 0 Å². The Hall–Kier alpha value is -1.63. The molecule has 2 aromatic rings. The first-order chi connectivity index (χ1) is 12.6. The van der Waals surface area contributed by atoms with E-state index in [4.69, 9.17) is 6.85 Å². The lowest BCUT2D eigenvalue weighted by Crippen LogP contribution is -2.31. The van der Waals surface area contributed by atoms with Gasteiger partial charge in [-0.2, -0.15) is 0 Å². The molecule has 3 rings (SSSR count). The van der Waals surface area contributed by atoms with Crippen molar-refractivity contribution in [3.63, 3.8) is 0 Å². The number of pyridine rings is 1. The highest BCUT2D eigenvalue weighted by atomic mass is 14.9. The van der Waals surface area contributed by atoms with Gasteiger partial charge in [-0.25, -0.2) is 4.57 Å². The van der Waals surface area contributed by atoms with Crippen LogP contribution in [0.2, 0.25) is 0 Å². The molecule has 0 saturated heterocycles. The average molecular weight is 299 g/mol. The van der Waals surface area contributed by atoms with Crippen molar-refractivity contribution in [3.05, 3.63) is 53.2 Å². The fourth-order valence-corrected chi connectivity index (χ4v) is 3.46. The number of hydrogen-bond donors (Lipinski definition) is 0. The van der Waals surface area contributed by atoms with Crippen molar-refractivity contribution in [1.82, 2.24) is 0 Å². The topological polar surface area (TPSA) is 3.88 Å². The van der Waals surface area contributed by atoms with Gasteiger partial charge in [0.2, 0.25) is 5.69 Å². The molecule has 0 spiro atoms. The molecular formula is C21H28N+. The quantitative estimate of drug-likeness (QED) is 0.708. The third-order valence-electron chi connectivity index (χ3n) is 4.63. The SMILES string of the molecule is [2H]C([2H])([2H])c1ccc(-c2c(C)cccc2C([2H])([2H])C2CCCCC2)[n+](C)c1. The molecule has 116 valence electrons. The van der Waals surface area contributed by atoms with Crippen LogP contribution in [0.5, 0.6) is 0 Å². The van der Waals surface area contributed by atoms with Gasteiger partial charge in [0.25, 0.3) is 0 Å². The van der Waals surface area contributed by atoms with Crippen LogP contribution in [0.4, 0.5) is 0 Å². The van der Waals surface area contributed by atoms with Crippen LogP contribution in [0.3, 0.4) is 0 Å². The zero-order chi connectivity index (χ0) is 19.8. The fraction of sp³-hybridized carbons (Fsp3) is 0.476. The maximum atomic E-state index is 8.93. The molecule has 1 aromatic heterocycles. The van der Waals surface area contributed by atoms with Gasteiger partial charge in [0.15, 0.2) is 6.20 Å². The molecule has 0 N–H and O–H groups in total. The summed E-state index contributed by atoms with van der Waals surface area (Å²) >= 11 is 0. The molecule has 1 nitrogen and oxygen atoms in total. The largest absolute Gasteiger partial charge is 0.212 e. The lowest BCUT2D eigenvalue weighted by Gasteiger charge is -2.23. The first-order valence-electron chi connectivity index (χ1n) is 10.7. The van der Waals surface area contributed by atoms with E-state index in [-0.39, 0.29) is 5.92 Å². The van der Waals surface area contributed by atoms with Crippen molar-refractivity contribution in [2.45, 2.75) is 52.3 Å². The highest BCUT2D eigenvalue weighted by Gasteiger charge is 2.20. The predicted molar refractivity (Wildman–Crippen MR) is 92.8 cm³/mol. The molecule has 22 heavy (non-hydrogen) atoms. The Balaban J connectivity index is 2.12. The zero-order valence-electron chi connectivity index (χ0n) is 18.5. The van der Waals surface area contributed by atoms with E-state index in [1.165, 1.54) is 6.42 Å². The minimum atomic E-state index is -2.15. The van der Waals surface area contributed by atoms with Crippen LogP contribution in [0, 0.1) is 19.7 Å². The van der Waals surface area contributed by atoms with Gasteiger partial charge in [-0.1, -0.05) is 50.3 Å². The van der Waals surface area contributed by atoms with E-state index in [2.05, 4.69) is 0 Å². The van der Waals surface area contributed by atoms with Gasteiger partial charge in [0, 0.05) is 18.5 Å². The summed E-state index contributed by atoms with van der Waals surface area (Å²) in [5.41, 5.74) is 3.73. The minimum Gasteiger partial charge on any atom is -0.201 e. The van der Waals surface area contributed by atoms with Crippen molar-refractivity contribution in [2.24, 2.45) is 13.0 Å². The van der Waals surface area contributed by atoms with Crippen LogP contribution in [-0.4, -0.2) is 0 Å². The standard InChI is InChI=1S/C21H28N/c1-16-12-13-20(22(3)15-16)21-17(2)8-7-11-19(21)14-18-9-5-4-6-10-18/h7-8,11-13,15,18H,4-6,9-10,14H2,1-3H3/q+1/i1D3,14D2. The average Bonchev–Trinajstić information content (AvgIpc) is 2.62. The summed E-state index contributed by atoms with van der Waals surface area (Å²) in [6.07, 6.45) is 5.44. The van der Waals surface area contributed by atoms with Crippen LogP contribution in [0.15, 0.2) is 36.5 Å². The normalized spacial score (nSPS) is 20.5. The van der Waals surface area contributed by atoms with Gasteiger partial charge in [-0.05, 0) is 43.3 Å². The van der Waals surface area contributed by atoms with Gasteiger partial charge in [0.1, 0.15) is 7.05 Å². The molecule has 0 amide bonds. The summed E-state index contributed by atoms with van der Waals surface area (Å²) in [4.78, 5) is 0. The van der Waals surface area contributed by atoms with E-state index < -0.39 is 13.2 Å². The Bertz CT molecular complexity index is 820. The van der Waals surface area contributed by atoms with Gasteiger partial charge >= 0.3 is 0 Å². The molecule has 0 radical (unpaired) electrons. The van der Waals surface area contributed by atoms with Crippen molar-refractivity contribution in [3.8, 4) is 11.3 Å². The molecule has 1 saturated carbocycles. The van der Waals surface area contributed by atoms with Crippen LogP contribution < -0.4 is 4.57 Å². The Morgan fingerprint density at radius 1 is 1.18 bits per heavy atom. The summed E-state index contributed by atoms with van der Waals surface area (Å²) in [7, 11) is 1.83. The summed E-state index contributed by atoms with van der Waals surface area (Å²) in [6.45, 7) is -0.158. The maximum Gasteiger partial charge on any atom is 0.212 e. The van der Waals surface area contributed by atoms with Crippen LogP contribution in [0.1, 0.15) is 55.6 Å². The molecule has 0 atom stereocenters. The van der Waals surface area contributed by atoms with Crippen molar-refractivity contribution in [1.29, 1.82) is 0 Å².